The summed E-state index contributed by atoms with van der Waals surface area (Å²) in [5, 5.41) is 3.15. The van der Waals surface area contributed by atoms with Crippen LogP contribution >= 0.6 is 0 Å². The number of amides is 1. The molecular weight excluding hydrogens is 280 g/mol. The highest BCUT2D eigenvalue weighted by molar-refractivity contribution is 5.77. The normalized spacial score (nSPS) is 26.6. The number of rotatable bonds is 5. The van der Waals surface area contributed by atoms with Gasteiger partial charge in [-0.1, -0.05) is 12.8 Å². The van der Waals surface area contributed by atoms with Gasteiger partial charge in [0.25, 0.3) is 0 Å². The molecular formula is C16H26N4O2. The van der Waals surface area contributed by atoms with Gasteiger partial charge in [0, 0.05) is 37.9 Å². The van der Waals surface area contributed by atoms with Crippen LogP contribution in [0.1, 0.15) is 37.3 Å². The number of aryl methyl sites for hydroxylation is 1. The molecule has 3 rings (SSSR count). The van der Waals surface area contributed by atoms with Gasteiger partial charge in [0.05, 0.1) is 18.5 Å². The van der Waals surface area contributed by atoms with Gasteiger partial charge in [0.15, 0.2) is 0 Å². The van der Waals surface area contributed by atoms with Crippen LogP contribution in [-0.4, -0.2) is 59.2 Å². The number of likely N-dealkylation sites (N-methyl/N-ethyl adjacent to an activating group) is 1. The molecule has 122 valence electrons. The number of aromatic nitrogens is 2. The fourth-order valence-corrected chi connectivity index (χ4v) is 3.67. The number of carbonyl (C=O) groups excluding carboxylic acids is 1. The van der Waals surface area contributed by atoms with Crippen molar-refractivity contribution in [2.24, 2.45) is 7.05 Å². The Morgan fingerprint density at radius 1 is 1.36 bits per heavy atom. The van der Waals surface area contributed by atoms with Crippen molar-refractivity contribution in [1.82, 2.24) is 19.8 Å². The average molecular weight is 306 g/mol. The zero-order chi connectivity index (χ0) is 15.5. The first kappa shape index (κ1) is 15.5. The molecule has 0 bridgehead atoms. The highest BCUT2D eigenvalue weighted by Crippen LogP contribution is 2.26. The Hall–Kier alpha value is -1.40. The van der Waals surface area contributed by atoms with E-state index in [9.17, 15) is 4.79 Å². The average Bonchev–Trinajstić information content (AvgIpc) is 3.18. The largest absolute Gasteiger partial charge is 0.368 e. The monoisotopic (exact) mass is 306 g/mol. The van der Waals surface area contributed by atoms with E-state index < -0.39 is 0 Å². The van der Waals surface area contributed by atoms with Crippen LogP contribution in [0, 0.1) is 0 Å². The summed E-state index contributed by atoms with van der Waals surface area (Å²) in [7, 11) is 4.09. The lowest BCUT2D eigenvalue weighted by Gasteiger charge is -2.21. The van der Waals surface area contributed by atoms with E-state index in [0.717, 1.165) is 25.9 Å². The van der Waals surface area contributed by atoms with E-state index >= 15 is 0 Å². The Bertz CT molecular complexity index is 510. The molecule has 2 heterocycles. The van der Waals surface area contributed by atoms with Crippen LogP contribution in [0.15, 0.2) is 12.5 Å². The van der Waals surface area contributed by atoms with Gasteiger partial charge < -0.3 is 19.5 Å². The number of hydrogen-bond acceptors (Lipinski definition) is 4. The second kappa shape index (κ2) is 6.79. The summed E-state index contributed by atoms with van der Waals surface area (Å²) >= 11 is 0. The molecule has 6 nitrogen and oxygen atoms in total. The molecule has 0 aromatic carbocycles. The Morgan fingerprint density at radius 3 is 2.82 bits per heavy atom. The third kappa shape index (κ3) is 3.50. The summed E-state index contributed by atoms with van der Waals surface area (Å²) in [6.45, 7) is 1.99. The van der Waals surface area contributed by atoms with Crippen molar-refractivity contribution >= 4 is 5.91 Å². The van der Waals surface area contributed by atoms with Gasteiger partial charge >= 0.3 is 0 Å². The van der Waals surface area contributed by atoms with Crippen molar-refractivity contribution in [3.8, 4) is 0 Å². The molecule has 22 heavy (non-hydrogen) atoms. The molecule has 1 aromatic rings. The molecule has 2 atom stereocenters. The topological polar surface area (TPSA) is 59.4 Å². The van der Waals surface area contributed by atoms with Crippen molar-refractivity contribution in [1.29, 1.82) is 0 Å². The van der Waals surface area contributed by atoms with E-state index in [1.165, 1.54) is 18.5 Å². The third-order valence-electron chi connectivity index (χ3n) is 4.84. The van der Waals surface area contributed by atoms with E-state index in [1.807, 2.05) is 24.1 Å². The molecule has 0 spiro atoms. The highest BCUT2D eigenvalue weighted by Gasteiger charge is 2.34. The van der Waals surface area contributed by atoms with Gasteiger partial charge in [-0.15, -0.1) is 0 Å². The van der Waals surface area contributed by atoms with Crippen LogP contribution in [0.5, 0.6) is 0 Å². The second-order valence-corrected chi connectivity index (χ2v) is 6.65. The van der Waals surface area contributed by atoms with Crippen molar-refractivity contribution < 1.29 is 9.53 Å². The van der Waals surface area contributed by atoms with Crippen molar-refractivity contribution in [2.45, 2.75) is 43.7 Å². The molecule has 1 aromatic heterocycles. The molecule has 0 radical (unpaired) electrons. The number of imidazole rings is 1. The predicted molar refractivity (Wildman–Crippen MR) is 83.6 cm³/mol. The fraction of sp³-hybridized carbons (Fsp3) is 0.750. The highest BCUT2D eigenvalue weighted by atomic mass is 16.5. The standard InChI is InChI=1S/C16H26N4O2/c1-19-8-13(15-7-17-11-20(15)2)14(9-19)18-16(21)10-22-12-5-3-4-6-12/h7,11-14H,3-6,8-10H2,1-2H3,(H,18,21)/t13-,14-/m1/s1. The minimum Gasteiger partial charge on any atom is -0.368 e. The van der Waals surface area contributed by atoms with Crippen molar-refractivity contribution in [2.75, 3.05) is 26.7 Å². The molecule has 1 N–H and O–H groups in total. The number of likely N-dealkylation sites (tertiary alicyclic amines) is 1. The number of nitrogens with zero attached hydrogens (tertiary/aromatic N) is 3. The number of carbonyl (C=O) groups is 1. The minimum atomic E-state index is -0.000585. The zero-order valence-electron chi connectivity index (χ0n) is 13.5. The number of nitrogens with one attached hydrogen (secondary N) is 1. The van der Waals surface area contributed by atoms with Gasteiger partial charge in [0.2, 0.25) is 5.91 Å². The Labute approximate surface area is 131 Å². The lowest BCUT2D eigenvalue weighted by Crippen LogP contribution is -2.42. The molecule has 1 amide bonds. The van der Waals surface area contributed by atoms with Crippen LogP contribution in [0.25, 0.3) is 0 Å². The van der Waals surface area contributed by atoms with Crippen LogP contribution in [0.4, 0.5) is 0 Å². The van der Waals surface area contributed by atoms with Gasteiger partial charge in [-0.25, -0.2) is 4.98 Å². The number of ether oxygens (including phenoxy) is 1. The Balaban J connectivity index is 1.55. The van der Waals surface area contributed by atoms with E-state index in [4.69, 9.17) is 4.74 Å². The molecule has 0 unspecified atom stereocenters. The lowest BCUT2D eigenvalue weighted by molar-refractivity contribution is -0.128. The first-order chi connectivity index (χ1) is 10.6. The van der Waals surface area contributed by atoms with Gasteiger partial charge in [-0.3, -0.25) is 4.79 Å². The fourth-order valence-electron chi connectivity index (χ4n) is 3.67. The smallest absolute Gasteiger partial charge is 0.246 e. The first-order valence-corrected chi connectivity index (χ1v) is 8.19. The van der Waals surface area contributed by atoms with Crippen molar-refractivity contribution in [3.63, 3.8) is 0 Å². The van der Waals surface area contributed by atoms with Gasteiger partial charge in [0.1, 0.15) is 6.61 Å². The molecule has 1 saturated carbocycles. The third-order valence-corrected chi connectivity index (χ3v) is 4.84. The molecule has 1 saturated heterocycles. The van der Waals surface area contributed by atoms with E-state index in [1.54, 1.807) is 0 Å². The maximum atomic E-state index is 12.2. The maximum Gasteiger partial charge on any atom is 0.246 e. The van der Waals surface area contributed by atoms with E-state index in [0.29, 0.717) is 0 Å². The van der Waals surface area contributed by atoms with Crippen LogP contribution in [0.3, 0.4) is 0 Å². The van der Waals surface area contributed by atoms with Gasteiger partial charge in [-0.2, -0.15) is 0 Å². The molecule has 1 aliphatic heterocycles. The summed E-state index contributed by atoms with van der Waals surface area (Å²) < 4.78 is 7.75. The molecule has 2 fully saturated rings. The van der Waals surface area contributed by atoms with Crippen molar-refractivity contribution in [3.05, 3.63) is 18.2 Å². The predicted octanol–water partition coefficient (Wildman–Crippen LogP) is 0.893. The van der Waals surface area contributed by atoms with Crippen LogP contribution in [0.2, 0.25) is 0 Å². The van der Waals surface area contributed by atoms with Gasteiger partial charge in [-0.05, 0) is 19.9 Å². The molecule has 6 heteroatoms. The summed E-state index contributed by atoms with van der Waals surface area (Å²) in [5.41, 5.74) is 1.17. The lowest BCUT2D eigenvalue weighted by atomic mass is 10.00. The summed E-state index contributed by atoms with van der Waals surface area (Å²) in [6.07, 6.45) is 8.64. The van der Waals surface area contributed by atoms with E-state index in [2.05, 4.69) is 22.2 Å². The number of hydrogen-bond donors (Lipinski definition) is 1. The SMILES string of the molecule is CN1C[C@@H](NC(=O)COC2CCCC2)[C@H](c2cncn2C)C1. The quantitative estimate of drug-likeness (QED) is 0.878. The molecule has 2 aliphatic rings. The Kier molecular flexibility index (Phi) is 4.78. The van der Waals surface area contributed by atoms with Crippen LogP contribution in [-0.2, 0) is 16.6 Å². The summed E-state index contributed by atoms with van der Waals surface area (Å²) in [5.74, 6) is 0.285. The summed E-state index contributed by atoms with van der Waals surface area (Å²) in [4.78, 5) is 18.6. The minimum absolute atomic E-state index is 0.000585. The van der Waals surface area contributed by atoms with Crippen LogP contribution < -0.4 is 5.32 Å². The second-order valence-electron chi connectivity index (χ2n) is 6.65. The van der Waals surface area contributed by atoms with E-state index in [-0.39, 0.29) is 30.6 Å². The first-order valence-electron chi connectivity index (χ1n) is 8.19. The summed E-state index contributed by atoms with van der Waals surface area (Å²) in [6, 6.07) is 0.125. The molecule has 1 aliphatic carbocycles. The zero-order valence-corrected chi connectivity index (χ0v) is 13.5. The maximum absolute atomic E-state index is 12.2. The Morgan fingerprint density at radius 2 is 2.14 bits per heavy atom.